The lowest BCUT2D eigenvalue weighted by molar-refractivity contribution is 0.199. The van der Waals surface area contributed by atoms with Crippen molar-refractivity contribution >= 4 is 17.4 Å². The molecule has 1 saturated heterocycles. The van der Waals surface area contributed by atoms with Crippen LogP contribution in [0.1, 0.15) is 38.0 Å². The van der Waals surface area contributed by atoms with E-state index in [1.807, 2.05) is 17.8 Å². The number of thioether (sulfide) groups is 1. The molecule has 0 saturated carbocycles. The van der Waals surface area contributed by atoms with Crippen LogP contribution in [-0.2, 0) is 0 Å². The minimum absolute atomic E-state index is 0.243. The lowest BCUT2D eigenvalue weighted by Gasteiger charge is -2.37. The van der Waals surface area contributed by atoms with E-state index in [-0.39, 0.29) is 5.82 Å². The van der Waals surface area contributed by atoms with Crippen LogP contribution in [0, 0.1) is 12.7 Å². The number of nitrogens with zero attached hydrogens (tertiary/aromatic N) is 1. The van der Waals surface area contributed by atoms with Crippen LogP contribution >= 0.6 is 11.8 Å². The molecule has 1 aliphatic rings. The van der Waals surface area contributed by atoms with Crippen molar-refractivity contribution in [3.05, 3.63) is 29.1 Å². The Bertz CT molecular complexity index is 454. The van der Waals surface area contributed by atoms with E-state index in [0.717, 1.165) is 18.8 Å². The van der Waals surface area contributed by atoms with E-state index < -0.39 is 6.10 Å². The molecular weight excluding hydrogens is 261 g/mol. The monoisotopic (exact) mass is 283 g/mol. The van der Waals surface area contributed by atoms with E-state index in [1.54, 1.807) is 13.8 Å². The Kier molecular flexibility index (Phi) is 4.41. The third-order valence-corrected chi connectivity index (χ3v) is 4.75. The van der Waals surface area contributed by atoms with Gasteiger partial charge < -0.3 is 10.0 Å². The minimum Gasteiger partial charge on any atom is -0.389 e. The number of anilines is 1. The van der Waals surface area contributed by atoms with Crippen LogP contribution < -0.4 is 4.90 Å². The Morgan fingerprint density at radius 2 is 1.89 bits per heavy atom. The molecule has 0 radical (unpaired) electrons. The fourth-order valence-electron chi connectivity index (χ4n) is 2.66. The Balaban J connectivity index is 2.40. The van der Waals surface area contributed by atoms with E-state index in [9.17, 15) is 9.50 Å². The topological polar surface area (TPSA) is 23.5 Å². The maximum atomic E-state index is 13.7. The summed E-state index contributed by atoms with van der Waals surface area (Å²) in [6, 6.07) is 3.35. The lowest BCUT2D eigenvalue weighted by atomic mass is 10.0. The van der Waals surface area contributed by atoms with Gasteiger partial charge in [0.15, 0.2) is 0 Å². The van der Waals surface area contributed by atoms with Gasteiger partial charge in [0, 0.05) is 34.8 Å². The van der Waals surface area contributed by atoms with Gasteiger partial charge in [-0.2, -0.15) is 11.8 Å². The molecule has 3 atom stereocenters. The molecule has 0 amide bonds. The molecule has 0 bridgehead atoms. The maximum absolute atomic E-state index is 13.7. The number of aliphatic hydroxyl groups is 1. The highest BCUT2D eigenvalue weighted by Gasteiger charge is 2.25. The van der Waals surface area contributed by atoms with E-state index in [1.165, 1.54) is 6.07 Å². The van der Waals surface area contributed by atoms with Gasteiger partial charge in [0.05, 0.1) is 6.10 Å². The second kappa shape index (κ2) is 5.71. The van der Waals surface area contributed by atoms with Crippen LogP contribution in [0.5, 0.6) is 0 Å². The van der Waals surface area contributed by atoms with Gasteiger partial charge in [0.1, 0.15) is 5.82 Å². The van der Waals surface area contributed by atoms with Crippen LogP contribution in [0.3, 0.4) is 0 Å². The molecular formula is C15H22FNOS. The number of aliphatic hydroxyl groups excluding tert-OH is 1. The Hall–Kier alpha value is -0.740. The summed E-state index contributed by atoms with van der Waals surface area (Å²) in [5.41, 5.74) is 2.31. The molecule has 1 aromatic rings. The molecule has 19 heavy (non-hydrogen) atoms. The van der Waals surface area contributed by atoms with Gasteiger partial charge in [0.25, 0.3) is 0 Å². The van der Waals surface area contributed by atoms with Crippen molar-refractivity contribution in [2.75, 3.05) is 18.0 Å². The first-order valence-corrected chi connectivity index (χ1v) is 7.71. The first-order valence-electron chi connectivity index (χ1n) is 6.77. The molecule has 1 N–H and O–H groups in total. The summed E-state index contributed by atoms with van der Waals surface area (Å²) in [5.74, 6) is -0.243. The van der Waals surface area contributed by atoms with Gasteiger partial charge >= 0.3 is 0 Å². The fourth-order valence-corrected chi connectivity index (χ4v) is 3.99. The molecule has 3 unspecified atom stereocenters. The first-order chi connectivity index (χ1) is 8.88. The molecule has 1 heterocycles. The Labute approximate surface area is 119 Å². The van der Waals surface area contributed by atoms with Gasteiger partial charge in [-0.15, -0.1) is 0 Å². The standard InChI is InChI=1S/C15H22FNOS/c1-9-5-15(13(12(4)18)6-14(9)16)17-7-10(2)19-11(3)8-17/h5-6,10-12,18H,7-8H2,1-4H3. The van der Waals surface area contributed by atoms with Crippen LogP contribution in [0.2, 0.25) is 0 Å². The van der Waals surface area contributed by atoms with Crippen molar-refractivity contribution in [1.82, 2.24) is 0 Å². The molecule has 0 aromatic heterocycles. The minimum atomic E-state index is -0.648. The molecule has 4 heteroatoms. The second-order valence-corrected chi connectivity index (χ2v) is 7.38. The van der Waals surface area contributed by atoms with Crippen LogP contribution in [0.4, 0.5) is 10.1 Å². The van der Waals surface area contributed by atoms with E-state index >= 15 is 0 Å². The fraction of sp³-hybridized carbons (Fsp3) is 0.600. The van der Waals surface area contributed by atoms with Crippen molar-refractivity contribution in [1.29, 1.82) is 0 Å². The smallest absolute Gasteiger partial charge is 0.126 e. The summed E-state index contributed by atoms with van der Waals surface area (Å²) in [6.07, 6.45) is -0.648. The van der Waals surface area contributed by atoms with Gasteiger partial charge in [-0.1, -0.05) is 13.8 Å². The molecule has 2 rings (SSSR count). The zero-order valence-corrected chi connectivity index (χ0v) is 12.8. The molecule has 2 nitrogen and oxygen atoms in total. The number of benzene rings is 1. The SMILES string of the molecule is Cc1cc(N2CC(C)SC(C)C2)c(C(C)O)cc1F. The maximum Gasteiger partial charge on any atom is 0.126 e. The van der Waals surface area contributed by atoms with Crippen molar-refractivity contribution in [2.24, 2.45) is 0 Å². The number of halogens is 1. The number of hydrogen-bond donors (Lipinski definition) is 1. The Morgan fingerprint density at radius 1 is 1.32 bits per heavy atom. The quantitative estimate of drug-likeness (QED) is 0.898. The summed E-state index contributed by atoms with van der Waals surface area (Å²) in [4.78, 5) is 2.28. The average Bonchev–Trinajstić information content (AvgIpc) is 2.30. The van der Waals surface area contributed by atoms with Crippen LogP contribution in [0.15, 0.2) is 12.1 Å². The summed E-state index contributed by atoms with van der Waals surface area (Å²) in [6.45, 7) is 9.78. The normalized spacial score (nSPS) is 25.5. The number of rotatable bonds is 2. The molecule has 1 fully saturated rings. The van der Waals surface area contributed by atoms with Gasteiger partial charge in [0.2, 0.25) is 0 Å². The van der Waals surface area contributed by atoms with Crippen LogP contribution in [0.25, 0.3) is 0 Å². The summed E-state index contributed by atoms with van der Waals surface area (Å²) in [5, 5.41) is 11.0. The third-order valence-electron chi connectivity index (χ3n) is 3.52. The summed E-state index contributed by atoms with van der Waals surface area (Å²) >= 11 is 1.98. The van der Waals surface area contributed by atoms with Crippen molar-refractivity contribution in [3.8, 4) is 0 Å². The molecule has 1 aromatic carbocycles. The Morgan fingerprint density at radius 3 is 2.42 bits per heavy atom. The summed E-state index contributed by atoms with van der Waals surface area (Å²) < 4.78 is 13.7. The first kappa shape index (κ1) is 14.7. The van der Waals surface area contributed by atoms with Crippen molar-refractivity contribution < 1.29 is 9.50 Å². The van der Waals surface area contributed by atoms with Crippen molar-refractivity contribution in [2.45, 2.75) is 44.3 Å². The molecule has 1 aliphatic heterocycles. The highest BCUT2D eigenvalue weighted by atomic mass is 32.2. The predicted molar refractivity (Wildman–Crippen MR) is 80.5 cm³/mol. The lowest BCUT2D eigenvalue weighted by Crippen LogP contribution is -2.41. The summed E-state index contributed by atoms with van der Waals surface area (Å²) in [7, 11) is 0. The predicted octanol–water partition coefficient (Wildman–Crippen LogP) is 3.52. The van der Waals surface area contributed by atoms with E-state index in [0.29, 0.717) is 21.6 Å². The van der Waals surface area contributed by atoms with Gasteiger partial charge in [-0.3, -0.25) is 0 Å². The van der Waals surface area contributed by atoms with E-state index in [4.69, 9.17) is 0 Å². The molecule has 0 aliphatic carbocycles. The van der Waals surface area contributed by atoms with Crippen LogP contribution in [-0.4, -0.2) is 28.7 Å². The number of aryl methyl sites for hydroxylation is 1. The zero-order chi connectivity index (χ0) is 14.2. The van der Waals surface area contributed by atoms with Gasteiger partial charge in [-0.05, 0) is 31.5 Å². The zero-order valence-electron chi connectivity index (χ0n) is 12.0. The highest BCUT2D eigenvalue weighted by molar-refractivity contribution is 8.00. The average molecular weight is 283 g/mol. The largest absolute Gasteiger partial charge is 0.389 e. The van der Waals surface area contributed by atoms with Gasteiger partial charge in [-0.25, -0.2) is 4.39 Å². The molecule has 106 valence electrons. The molecule has 0 spiro atoms. The van der Waals surface area contributed by atoms with Crippen molar-refractivity contribution in [3.63, 3.8) is 0 Å². The second-order valence-electron chi connectivity index (χ2n) is 5.50. The highest BCUT2D eigenvalue weighted by Crippen LogP contribution is 2.34. The third kappa shape index (κ3) is 3.23. The van der Waals surface area contributed by atoms with E-state index in [2.05, 4.69) is 18.7 Å². The number of hydrogen-bond acceptors (Lipinski definition) is 3.